The number of hydrogen-bond acceptors (Lipinski definition) is 2. The summed E-state index contributed by atoms with van der Waals surface area (Å²) in [5, 5.41) is 5.00. The molecule has 0 saturated carbocycles. The average molecular weight is 322 g/mol. The summed E-state index contributed by atoms with van der Waals surface area (Å²) >= 11 is 3.44. The quantitative estimate of drug-likeness (QED) is 0.857. The highest BCUT2D eigenvalue weighted by atomic mass is 79.9. The molecule has 0 atom stereocenters. The zero-order valence-electron chi connectivity index (χ0n) is 10.8. The number of fused-ring (bicyclic) bond motifs is 1. The molecular formula is C15H16BrNO2. The van der Waals surface area contributed by atoms with E-state index < -0.39 is 0 Å². The van der Waals surface area contributed by atoms with Gasteiger partial charge in [0.05, 0.1) is 6.61 Å². The topological polar surface area (TPSA) is 38.3 Å². The lowest BCUT2D eigenvalue weighted by molar-refractivity contribution is 0.0922. The Morgan fingerprint density at radius 2 is 1.95 bits per heavy atom. The number of benzene rings is 2. The molecule has 4 heteroatoms. The van der Waals surface area contributed by atoms with Crippen LogP contribution in [0.15, 0.2) is 40.9 Å². The number of carbonyl (C=O) groups is 1. The number of amides is 1. The van der Waals surface area contributed by atoms with Gasteiger partial charge in [-0.25, -0.2) is 0 Å². The van der Waals surface area contributed by atoms with Gasteiger partial charge in [0.2, 0.25) is 0 Å². The molecule has 0 aliphatic rings. The second kappa shape index (κ2) is 6.68. The van der Waals surface area contributed by atoms with Gasteiger partial charge in [0.15, 0.2) is 0 Å². The van der Waals surface area contributed by atoms with Gasteiger partial charge in [-0.05, 0) is 42.0 Å². The summed E-state index contributed by atoms with van der Waals surface area (Å²) in [5.74, 6) is -0.0653. The molecule has 0 bridgehead atoms. The third-order valence-electron chi connectivity index (χ3n) is 2.80. The predicted molar refractivity (Wildman–Crippen MR) is 80.5 cm³/mol. The number of halogens is 1. The molecule has 1 amide bonds. The fourth-order valence-electron chi connectivity index (χ4n) is 1.84. The molecule has 3 nitrogen and oxygen atoms in total. The van der Waals surface area contributed by atoms with E-state index in [2.05, 4.69) is 21.2 Å². The fraction of sp³-hybridized carbons (Fsp3) is 0.267. The van der Waals surface area contributed by atoms with Crippen molar-refractivity contribution in [1.82, 2.24) is 5.32 Å². The van der Waals surface area contributed by atoms with Crippen LogP contribution in [-0.4, -0.2) is 25.7 Å². The molecular weight excluding hydrogens is 306 g/mol. The van der Waals surface area contributed by atoms with Gasteiger partial charge in [-0.1, -0.05) is 28.1 Å². The molecule has 0 unspecified atom stereocenters. The van der Waals surface area contributed by atoms with Gasteiger partial charge in [-0.15, -0.1) is 0 Å². The maximum atomic E-state index is 11.9. The van der Waals surface area contributed by atoms with Crippen LogP contribution in [-0.2, 0) is 4.74 Å². The second-order valence-corrected chi connectivity index (χ2v) is 5.07. The van der Waals surface area contributed by atoms with Gasteiger partial charge in [-0.2, -0.15) is 0 Å². The number of nitrogens with one attached hydrogen (secondary N) is 1. The standard InChI is InChI=1S/C15H16BrNO2/c1-2-19-8-7-17-15(18)13-4-3-12-10-14(16)6-5-11(12)9-13/h3-6,9-10H,2,7-8H2,1H3,(H,17,18). The number of carbonyl (C=O) groups excluding carboxylic acids is 1. The van der Waals surface area contributed by atoms with E-state index in [1.165, 1.54) is 0 Å². The van der Waals surface area contributed by atoms with E-state index in [1.807, 2.05) is 43.3 Å². The molecule has 100 valence electrons. The van der Waals surface area contributed by atoms with E-state index in [0.29, 0.717) is 25.3 Å². The van der Waals surface area contributed by atoms with Crippen molar-refractivity contribution in [2.75, 3.05) is 19.8 Å². The van der Waals surface area contributed by atoms with Crippen LogP contribution in [0.1, 0.15) is 17.3 Å². The van der Waals surface area contributed by atoms with Crippen molar-refractivity contribution < 1.29 is 9.53 Å². The number of hydrogen-bond donors (Lipinski definition) is 1. The van der Waals surface area contributed by atoms with Crippen LogP contribution in [0.5, 0.6) is 0 Å². The van der Waals surface area contributed by atoms with Crippen LogP contribution in [0.4, 0.5) is 0 Å². The van der Waals surface area contributed by atoms with Crippen molar-refractivity contribution in [1.29, 1.82) is 0 Å². The summed E-state index contributed by atoms with van der Waals surface area (Å²) < 4.78 is 6.22. The molecule has 2 rings (SSSR count). The summed E-state index contributed by atoms with van der Waals surface area (Å²) in [7, 11) is 0. The zero-order chi connectivity index (χ0) is 13.7. The Morgan fingerprint density at radius 3 is 2.74 bits per heavy atom. The maximum Gasteiger partial charge on any atom is 0.251 e. The summed E-state index contributed by atoms with van der Waals surface area (Å²) in [5.41, 5.74) is 0.673. The fourth-order valence-corrected chi connectivity index (χ4v) is 2.22. The molecule has 1 N–H and O–H groups in total. The van der Waals surface area contributed by atoms with Crippen LogP contribution in [0.3, 0.4) is 0 Å². The predicted octanol–water partition coefficient (Wildman–Crippen LogP) is 3.37. The first-order chi connectivity index (χ1) is 9.20. The van der Waals surface area contributed by atoms with E-state index in [1.54, 1.807) is 0 Å². The summed E-state index contributed by atoms with van der Waals surface area (Å²) in [6.07, 6.45) is 0. The second-order valence-electron chi connectivity index (χ2n) is 4.16. The van der Waals surface area contributed by atoms with Crippen LogP contribution >= 0.6 is 15.9 Å². The lowest BCUT2D eigenvalue weighted by Crippen LogP contribution is -2.27. The normalized spacial score (nSPS) is 10.6. The minimum atomic E-state index is -0.0653. The Hall–Kier alpha value is -1.39. The van der Waals surface area contributed by atoms with Gasteiger partial charge in [0.1, 0.15) is 0 Å². The SMILES string of the molecule is CCOCCNC(=O)c1ccc2cc(Br)ccc2c1. The summed E-state index contributed by atoms with van der Waals surface area (Å²) in [6.45, 7) is 3.68. The van der Waals surface area contributed by atoms with Crippen LogP contribution in [0.25, 0.3) is 10.8 Å². The van der Waals surface area contributed by atoms with Gasteiger partial charge >= 0.3 is 0 Å². The van der Waals surface area contributed by atoms with E-state index in [-0.39, 0.29) is 5.91 Å². The first-order valence-electron chi connectivity index (χ1n) is 6.26. The first kappa shape index (κ1) is 14.0. The molecule has 0 spiro atoms. The first-order valence-corrected chi connectivity index (χ1v) is 7.05. The third-order valence-corrected chi connectivity index (χ3v) is 3.29. The minimum Gasteiger partial charge on any atom is -0.380 e. The van der Waals surface area contributed by atoms with E-state index in [0.717, 1.165) is 15.2 Å². The minimum absolute atomic E-state index is 0.0653. The van der Waals surface area contributed by atoms with Gasteiger partial charge in [-0.3, -0.25) is 4.79 Å². The zero-order valence-corrected chi connectivity index (χ0v) is 12.4. The van der Waals surface area contributed by atoms with Gasteiger partial charge in [0.25, 0.3) is 5.91 Å². The average Bonchev–Trinajstić information content (AvgIpc) is 2.42. The van der Waals surface area contributed by atoms with Crippen molar-refractivity contribution in [3.05, 3.63) is 46.4 Å². The summed E-state index contributed by atoms with van der Waals surface area (Å²) in [4.78, 5) is 11.9. The van der Waals surface area contributed by atoms with Crippen LogP contribution in [0, 0.1) is 0 Å². The molecule has 2 aromatic carbocycles. The Balaban J connectivity index is 2.08. The van der Waals surface area contributed by atoms with Crippen LogP contribution < -0.4 is 5.32 Å². The van der Waals surface area contributed by atoms with Crippen molar-refractivity contribution in [2.45, 2.75) is 6.92 Å². The molecule has 0 radical (unpaired) electrons. The van der Waals surface area contributed by atoms with Gasteiger partial charge in [0, 0.05) is 23.2 Å². The van der Waals surface area contributed by atoms with Crippen molar-refractivity contribution in [2.24, 2.45) is 0 Å². The molecule has 0 saturated heterocycles. The molecule has 0 aliphatic heterocycles. The number of rotatable bonds is 5. The largest absolute Gasteiger partial charge is 0.380 e. The monoisotopic (exact) mass is 321 g/mol. The Bertz CT molecular complexity index is 583. The lowest BCUT2D eigenvalue weighted by Gasteiger charge is -2.06. The maximum absolute atomic E-state index is 11.9. The van der Waals surface area contributed by atoms with E-state index in [9.17, 15) is 4.79 Å². The molecule has 2 aromatic rings. The smallest absolute Gasteiger partial charge is 0.251 e. The van der Waals surface area contributed by atoms with E-state index >= 15 is 0 Å². The Morgan fingerprint density at radius 1 is 1.21 bits per heavy atom. The van der Waals surface area contributed by atoms with Crippen molar-refractivity contribution >= 4 is 32.6 Å². The molecule has 0 aromatic heterocycles. The van der Waals surface area contributed by atoms with E-state index in [4.69, 9.17) is 4.74 Å². The van der Waals surface area contributed by atoms with Crippen LogP contribution in [0.2, 0.25) is 0 Å². The van der Waals surface area contributed by atoms with Gasteiger partial charge < -0.3 is 10.1 Å². The highest BCUT2D eigenvalue weighted by Crippen LogP contribution is 2.20. The molecule has 0 aliphatic carbocycles. The highest BCUT2D eigenvalue weighted by Gasteiger charge is 2.05. The third kappa shape index (κ3) is 3.78. The van der Waals surface area contributed by atoms with Crippen molar-refractivity contribution in [3.8, 4) is 0 Å². The Labute approximate surface area is 121 Å². The lowest BCUT2D eigenvalue weighted by atomic mass is 10.1. The number of ether oxygens (including phenoxy) is 1. The summed E-state index contributed by atoms with van der Waals surface area (Å²) in [6, 6.07) is 11.7. The Kier molecular flexibility index (Phi) is 4.93. The molecule has 0 heterocycles. The molecule has 0 fully saturated rings. The highest BCUT2D eigenvalue weighted by molar-refractivity contribution is 9.10. The molecule has 19 heavy (non-hydrogen) atoms. The van der Waals surface area contributed by atoms with Crippen molar-refractivity contribution in [3.63, 3.8) is 0 Å².